The molecular formula is C17H10Cl2FNOS. The van der Waals surface area contributed by atoms with Gasteiger partial charge in [0.25, 0.3) is 5.91 Å². The second-order valence-electron chi connectivity index (χ2n) is 4.72. The molecule has 0 aliphatic carbocycles. The number of nitrogens with one attached hydrogen (secondary N) is 1. The molecule has 0 aliphatic rings. The number of halogens is 3. The van der Waals surface area contributed by atoms with E-state index in [1.807, 2.05) is 35.7 Å². The normalized spacial score (nSPS) is 10.6. The summed E-state index contributed by atoms with van der Waals surface area (Å²) in [7, 11) is 0. The number of para-hydroxylation sites is 1. The topological polar surface area (TPSA) is 29.1 Å². The Morgan fingerprint density at radius 3 is 2.57 bits per heavy atom. The van der Waals surface area contributed by atoms with Crippen molar-refractivity contribution in [3.63, 3.8) is 0 Å². The van der Waals surface area contributed by atoms with Crippen LogP contribution in [-0.2, 0) is 0 Å². The van der Waals surface area contributed by atoms with E-state index in [4.69, 9.17) is 23.2 Å². The highest BCUT2D eigenvalue weighted by Crippen LogP contribution is 2.32. The molecule has 23 heavy (non-hydrogen) atoms. The summed E-state index contributed by atoms with van der Waals surface area (Å²) in [6, 6.07) is 13.6. The number of carbonyl (C=O) groups is 1. The summed E-state index contributed by atoms with van der Waals surface area (Å²) in [5, 5.41) is 4.71. The monoisotopic (exact) mass is 365 g/mol. The fraction of sp³-hybridized carbons (Fsp3) is 0. The van der Waals surface area contributed by atoms with Crippen molar-refractivity contribution in [1.82, 2.24) is 0 Å². The van der Waals surface area contributed by atoms with Crippen LogP contribution >= 0.6 is 34.5 Å². The Labute approximate surface area is 146 Å². The van der Waals surface area contributed by atoms with Crippen LogP contribution in [0.1, 0.15) is 10.4 Å². The zero-order chi connectivity index (χ0) is 16.4. The molecule has 1 amide bonds. The zero-order valence-electron chi connectivity index (χ0n) is 11.6. The summed E-state index contributed by atoms with van der Waals surface area (Å²) in [5.74, 6) is -1.18. The SMILES string of the molecule is O=C(Nc1ccccc1-c1cccs1)c1cc(F)c(Cl)cc1Cl. The molecule has 3 aromatic rings. The van der Waals surface area contributed by atoms with Crippen LogP contribution in [0.3, 0.4) is 0 Å². The Morgan fingerprint density at radius 1 is 1.04 bits per heavy atom. The summed E-state index contributed by atoms with van der Waals surface area (Å²) in [5.41, 5.74) is 1.56. The van der Waals surface area contributed by atoms with Crippen LogP contribution in [-0.4, -0.2) is 5.91 Å². The summed E-state index contributed by atoms with van der Waals surface area (Å²) in [4.78, 5) is 13.4. The minimum absolute atomic E-state index is 0.0366. The zero-order valence-corrected chi connectivity index (χ0v) is 14.0. The minimum Gasteiger partial charge on any atom is -0.321 e. The van der Waals surface area contributed by atoms with Crippen LogP contribution in [0, 0.1) is 5.82 Å². The first-order valence-corrected chi connectivity index (χ1v) is 8.28. The van der Waals surface area contributed by atoms with E-state index >= 15 is 0 Å². The second kappa shape index (κ2) is 6.71. The lowest BCUT2D eigenvalue weighted by atomic mass is 10.1. The molecule has 1 aromatic heterocycles. The smallest absolute Gasteiger partial charge is 0.257 e. The van der Waals surface area contributed by atoms with E-state index in [1.165, 1.54) is 6.07 Å². The molecule has 0 radical (unpaired) electrons. The number of amides is 1. The number of thiophene rings is 1. The summed E-state index contributed by atoms with van der Waals surface area (Å²) in [6.45, 7) is 0. The second-order valence-corrected chi connectivity index (χ2v) is 6.49. The van der Waals surface area contributed by atoms with Crippen molar-refractivity contribution in [2.75, 3.05) is 5.32 Å². The van der Waals surface area contributed by atoms with Crippen LogP contribution in [0.25, 0.3) is 10.4 Å². The molecule has 0 fully saturated rings. The van der Waals surface area contributed by atoms with Crippen molar-refractivity contribution in [1.29, 1.82) is 0 Å². The number of hydrogen-bond donors (Lipinski definition) is 1. The molecule has 1 heterocycles. The van der Waals surface area contributed by atoms with E-state index in [1.54, 1.807) is 17.4 Å². The van der Waals surface area contributed by atoms with Crippen molar-refractivity contribution in [3.8, 4) is 10.4 Å². The first kappa shape index (κ1) is 16.0. The van der Waals surface area contributed by atoms with Crippen LogP contribution in [0.4, 0.5) is 10.1 Å². The summed E-state index contributed by atoms with van der Waals surface area (Å²) in [6.07, 6.45) is 0. The van der Waals surface area contributed by atoms with Crippen molar-refractivity contribution < 1.29 is 9.18 Å². The molecule has 116 valence electrons. The van der Waals surface area contributed by atoms with Crippen molar-refractivity contribution in [2.24, 2.45) is 0 Å². The van der Waals surface area contributed by atoms with Gasteiger partial charge in [0, 0.05) is 16.1 Å². The van der Waals surface area contributed by atoms with Gasteiger partial charge in [0.05, 0.1) is 15.6 Å². The maximum Gasteiger partial charge on any atom is 0.257 e. The summed E-state index contributed by atoms with van der Waals surface area (Å²) < 4.78 is 13.6. The molecule has 1 N–H and O–H groups in total. The van der Waals surface area contributed by atoms with Gasteiger partial charge in [0.2, 0.25) is 0 Å². The van der Waals surface area contributed by atoms with Gasteiger partial charge in [0.15, 0.2) is 0 Å². The third kappa shape index (κ3) is 3.39. The molecule has 2 nitrogen and oxygen atoms in total. The Balaban J connectivity index is 1.94. The van der Waals surface area contributed by atoms with Gasteiger partial charge < -0.3 is 5.32 Å². The van der Waals surface area contributed by atoms with Crippen molar-refractivity contribution >= 4 is 46.1 Å². The lowest BCUT2D eigenvalue weighted by Crippen LogP contribution is -2.13. The average Bonchev–Trinajstić information content (AvgIpc) is 3.05. The van der Waals surface area contributed by atoms with Crippen LogP contribution in [0.2, 0.25) is 10.0 Å². The Hall–Kier alpha value is -1.88. The summed E-state index contributed by atoms with van der Waals surface area (Å²) >= 11 is 13.2. The lowest BCUT2D eigenvalue weighted by molar-refractivity contribution is 0.102. The third-order valence-electron chi connectivity index (χ3n) is 3.22. The van der Waals surface area contributed by atoms with Gasteiger partial charge in [-0.05, 0) is 29.6 Å². The number of anilines is 1. The van der Waals surface area contributed by atoms with E-state index < -0.39 is 11.7 Å². The van der Waals surface area contributed by atoms with Gasteiger partial charge in [0.1, 0.15) is 5.82 Å². The molecule has 0 atom stereocenters. The highest BCUT2D eigenvalue weighted by atomic mass is 35.5. The van der Waals surface area contributed by atoms with E-state index in [0.717, 1.165) is 16.5 Å². The molecule has 0 saturated heterocycles. The fourth-order valence-electron chi connectivity index (χ4n) is 2.13. The van der Waals surface area contributed by atoms with Gasteiger partial charge in [-0.3, -0.25) is 4.79 Å². The molecule has 0 bridgehead atoms. The molecule has 6 heteroatoms. The molecule has 3 rings (SSSR count). The Morgan fingerprint density at radius 2 is 1.83 bits per heavy atom. The molecule has 0 aliphatic heterocycles. The average molecular weight is 366 g/mol. The minimum atomic E-state index is -0.687. The molecule has 2 aromatic carbocycles. The molecule has 0 unspecified atom stereocenters. The predicted molar refractivity (Wildman–Crippen MR) is 94.1 cm³/mol. The first-order chi connectivity index (χ1) is 11.1. The largest absolute Gasteiger partial charge is 0.321 e. The maximum atomic E-state index is 13.6. The Kier molecular flexibility index (Phi) is 4.66. The van der Waals surface area contributed by atoms with Crippen LogP contribution in [0.5, 0.6) is 0 Å². The van der Waals surface area contributed by atoms with Crippen LogP contribution in [0.15, 0.2) is 53.9 Å². The highest BCUT2D eigenvalue weighted by Gasteiger charge is 2.16. The van der Waals surface area contributed by atoms with Gasteiger partial charge >= 0.3 is 0 Å². The van der Waals surface area contributed by atoms with E-state index in [9.17, 15) is 9.18 Å². The third-order valence-corrected chi connectivity index (χ3v) is 4.72. The maximum absolute atomic E-state index is 13.6. The van der Waals surface area contributed by atoms with Gasteiger partial charge in [-0.15, -0.1) is 11.3 Å². The Bertz CT molecular complexity index is 865. The number of benzene rings is 2. The predicted octanol–water partition coefficient (Wildman–Crippen LogP) is 6.11. The quantitative estimate of drug-likeness (QED) is 0.557. The van der Waals surface area contributed by atoms with Crippen LogP contribution < -0.4 is 5.32 Å². The lowest BCUT2D eigenvalue weighted by Gasteiger charge is -2.11. The van der Waals surface area contributed by atoms with E-state index in [0.29, 0.717) is 5.69 Å². The number of hydrogen-bond acceptors (Lipinski definition) is 2. The molecule has 0 saturated carbocycles. The van der Waals surface area contributed by atoms with Crippen molar-refractivity contribution in [3.05, 3.63) is 75.3 Å². The highest BCUT2D eigenvalue weighted by molar-refractivity contribution is 7.13. The van der Waals surface area contributed by atoms with Gasteiger partial charge in [-0.2, -0.15) is 0 Å². The van der Waals surface area contributed by atoms with Crippen molar-refractivity contribution in [2.45, 2.75) is 0 Å². The molecular weight excluding hydrogens is 356 g/mol. The standard InChI is InChI=1S/C17H10Cl2FNOS/c18-12-9-13(19)14(20)8-11(12)17(22)21-15-5-2-1-4-10(15)16-6-3-7-23-16/h1-9H,(H,21,22). The fourth-order valence-corrected chi connectivity index (χ4v) is 3.36. The van der Waals surface area contributed by atoms with Gasteiger partial charge in [-0.25, -0.2) is 4.39 Å². The molecule has 0 spiro atoms. The van der Waals surface area contributed by atoms with E-state index in [2.05, 4.69) is 5.32 Å². The first-order valence-electron chi connectivity index (χ1n) is 6.65. The van der Waals surface area contributed by atoms with Gasteiger partial charge in [-0.1, -0.05) is 47.5 Å². The van der Waals surface area contributed by atoms with E-state index in [-0.39, 0.29) is 15.6 Å². The number of rotatable bonds is 3. The number of carbonyl (C=O) groups excluding carboxylic acids is 1.